The highest BCUT2D eigenvalue weighted by atomic mass is 16.5. The first-order chi connectivity index (χ1) is 15.9. The molecule has 6 nitrogen and oxygen atoms in total. The number of nitrogens with zero attached hydrogens (tertiary/aromatic N) is 2. The van der Waals surface area contributed by atoms with Gasteiger partial charge in [0.1, 0.15) is 6.10 Å². The summed E-state index contributed by atoms with van der Waals surface area (Å²) in [7, 11) is 3.24. The van der Waals surface area contributed by atoms with Crippen LogP contribution in [0.3, 0.4) is 0 Å². The Balaban J connectivity index is 1.51. The summed E-state index contributed by atoms with van der Waals surface area (Å²) in [5.74, 6) is 1.98. The SMILES string of the molecule is COc1cccc(OC)c1OC1CCN(C(=O)c2cc(C)ccc2-n2c(C)ccc2C)CC1. The van der Waals surface area contributed by atoms with Gasteiger partial charge in [-0.05, 0) is 57.2 Å². The van der Waals surface area contributed by atoms with E-state index in [9.17, 15) is 4.79 Å². The summed E-state index contributed by atoms with van der Waals surface area (Å²) in [6.07, 6.45) is 1.48. The molecule has 1 saturated heterocycles. The number of hydrogen-bond acceptors (Lipinski definition) is 4. The monoisotopic (exact) mass is 448 g/mol. The van der Waals surface area contributed by atoms with Crippen molar-refractivity contribution in [2.24, 2.45) is 0 Å². The van der Waals surface area contributed by atoms with Crippen molar-refractivity contribution in [1.29, 1.82) is 0 Å². The summed E-state index contributed by atoms with van der Waals surface area (Å²) in [6, 6.07) is 15.9. The highest BCUT2D eigenvalue weighted by molar-refractivity contribution is 5.98. The Morgan fingerprint density at radius 1 is 0.879 bits per heavy atom. The van der Waals surface area contributed by atoms with Crippen molar-refractivity contribution in [2.75, 3.05) is 27.3 Å². The van der Waals surface area contributed by atoms with Gasteiger partial charge in [0, 0.05) is 37.3 Å². The third kappa shape index (κ3) is 4.56. The van der Waals surface area contributed by atoms with Crippen LogP contribution in [0, 0.1) is 20.8 Å². The first kappa shape index (κ1) is 22.8. The number of amides is 1. The minimum atomic E-state index is -0.00910. The van der Waals surface area contributed by atoms with E-state index < -0.39 is 0 Å². The third-order valence-electron chi connectivity index (χ3n) is 6.29. The average molecular weight is 449 g/mol. The van der Waals surface area contributed by atoms with Crippen LogP contribution in [0.25, 0.3) is 5.69 Å². The molecule has 0 aliphatic carbocycles. The molecule has 6 heteroatoms. The van der Waals surface area contributed by atoms with Crippen LogP contribution in [-0.2, 0) is 0 Å². The van der Waals surface area contributed by atoms with Crippen LogP contribution in [0.5, 0.6) is 17.2 Å². The number of para-hydroxylation sites is 1. The van der Waals surface area contributed by atoms with Gasteiger partial charge in [-0.3, -0.25) is 4.79 Å². The van der Waals surface area contributed by atoms with E-state index >= 15 is 0 Å². The highest BCUT2D eigenvalue weighted by Gasteiger charge is 2.28. The Bertz CT molecular complexity index is 1100. The van der Waals surface area contributed by atoms with E-state index in [-0.39, 0.29) is 12.0 Å². The van der Waals surface area contributed by atoms with Crippen molar-refractivity contribution in [1.82, 2.24) is 9.47 Å². The smallest absolute Gasteiger partial charge is 0.255 e. The first-order valence-electron chi connectivity index (χ1n) is 11.4. The number of benzene rings is 2. The van der Waals surface area contributed by atoms with Crippen LogP contribution in [0.1, 0.15) is 40.2 Å². The van der Waals surface area contributed by atoms with E-state index in [1.54, 1.807) is 14.2 Å². The Morgan fingerprint density at radius 2 is 1.48 bits per heavy atom. The molecule has 0 spiro atoms. The van der Waals surface area contributed by atoms with Gasteiger partial charge in [-0.2, -0.15) is 0 Å². The van der Waals surface area contributed by atoms with Crippen LogP contribution in [-0.4, -0.2) is 48.8 Å². The van der Waals surface area contributed by atoms with E-state index in [4.69, 9.17) is 14.2 Å². The number of carbonyl (C=O) groups excluding carboxylic acids is 1. The van der Waals surface area contributed by atoms with E-state index in [2.05, 4.69) is 36.6 Å². The van der Waals surface area contributed by atoms with Gasteiger partial charge >= 0.3 is 0 Å². The van der Waals surface area contributed by atoms with Crippen LogP contribution in [0.4, 0.5) is 0 Å². The summed E-state index contributed by atoms with van der Waals surface area (Å²) < 4.78 is 19.3. The molecular weight excluding hydrogens is 416 g/mol. The number of likely N-dealkylation sites (tertiary alicyclic amines) is 1. The third-order valence-corrected chi connectivity index (χ3v) is 6.29. The molecule has 0 radical (unpaired) electrons. The summed E-state index contributed by atoms with van der Waals surface area (Å²) >= 11 is 0. The van der Waals surface area contributed by atoms with E-state index in [1.807, 2.05) is 42.2 Å². The normalized spacial score (nSPS) is 14.3. The fourth-order valence-corrected chi connectivity index (χ4v) is 4.51. The molecule has 0 atom stereocenters. The van der Waals surface area contributed by atoms with E-state index in [0.29, 0.717) is 30.3 Å². The fourth-order valence-electron chi connectivity index (χ4n) is 4.51. The number of aromatic nitrogens is 1. The quantitative estimate of drug-likeness (QED) is 0.526. The van der Waals surface area contributed by atoms with Gasteiger partial charge in [0.25, 0.3) is 5.91 Å². The molecule has 0 bridgehead atoms. The predicted octanol–water partition coefficient (Wildman–Crippen LogP) is 5.10. The Hall–Kier alpha value is -3.41. The Labute approximate surface area is 195 Å². The number of hydrogen-bond donors (Lipinski definition) is 0. The van der Waals surface area contributed by atoms with E-state index in [0.717, 1.165) is 41.0 Å². The minimum absolute atomic E-state index is 0.00910. The van der Waals surface area contributed by atoms with Crippen LogP contribution >= 0.6 is 0 Å². The summed E-state index contributed by atoms with van der Waals surface area (Å²) in [6.45, 7) is 7.43. The molecule has 174 valence electrons. The number of methoxy groups -OCH3 is 2. The van der Waals surface area contributed by atoms with Crippen molar-refractivity contribution in [2.45, 2.75) is 39.7 Å². The summed E-state index contributed by atoms with van der Waals surface area (Å²) in [5, 5.41) is 0. The molecule has 1 amide bonds. The van der Waals surface area contributed by atoms with Gasteiger partial charge in [0.2, 0.25) is 5.75 Å². The zero-order valence-electron chi connectivity index (χ0n) is 20.1. The number of aryl methyl sites for hydroxylation is 3. The molecule has 4 rings (SSSR count). The maximum absolute atomic E-state index is 13.6. The second kappa shape index (κ2) is 9.61. The van der Waals surface area contributed by atoms with Gasteiger partial charge in [-0.25, -0.2) is 0 Å². The van der Waals surface area contributed by atoms with Crippen molar-refractivity contribution in [3.05, 3.63) is 71.0 Å². The lowest BCUT2D eigenvalue weighted by Crippen LogP contribution is -2.42. The topological polar surface area (TPSA) is 52.9 Å². The van der Waals surface area contributed by atoms with Gasteiger partial charge in [-0.1, -0.05) is 17.7 Å². The lowest BCUT2D eigenvalue weighted by molar-refractivity contribution is 0.0585. The van der Waals surface area contributed by atoms with Crippen LogP contribution in [0.15, 0.2) is 48.5 Å². The number of ether oxygens (including phenoxy) is 3. The van der Waals surface area contributed by atoms with Gasteiger partial charge in [-0.15, -0.1) is 0 Å². The molecule has 2 aromatic carbocycles. The summed E-state index contributed by atoms with van der Waals surface area (Å²) in [4.78, 5) is 15.5. The second-order valence-electron chi connectivity index (χ2n) is 8.57. The standard InChI is InChI=1S/C27H32N2O4/c1-18-9-12-23(29-19(2)10-11-20(29)3)22(17-18)27(30)28-15-13-21(14-16-28)33-26-24(31-4)7-6-8-25(26)32-5/h6-12,17,21H,13-16H2,1-5H3. The van der Waals surface area contributed by atoms with Gasteiger partial charge in [0.15, 0.2) is 11.5 Å². The van der Waals surface area contributed by atoms with Crippen molar-refractivity contribution < 1.29 is 19.0 Å². The van der Waals surface area contributed by atoms with Gasteiger partial charge in [0.05, 0.1) is 25.5 Å². The summed E-state index contributed by atoms with van der Waals surface area (Å²) in [5.41, 5.74) is 4.98. The number of piperidine rings is 1. The molecule has 3 aromatic rings. The minimum Gasteiger partial charge on any atom is -0.493 e. The lowest BCUT2D eigenvalue weighted by atomic mass is 10.0. The molecule has 33 heavy (non-hydrogen) atoms. The Kier molecular flexibility index (Phi) is 6.63. The molecule has 1 aliphatic heterocycles. The maximum atomic E-state index is 13.6. The van der Waals surface area contributed by atoms with Crippen LogP contribution < -0.4 is 14.2 Å². The zero-order chi connectivity index (χ0) is 23.5. The fraction of sp³-hybridized carbons (Fsp3) is 0.370. The van der Waals surface area contributed by atoms with Gasteiger partial charge < -0.3 is 23.7 Å². The Morgan fingerprint density at radius 3 is 2.06 bits per heavy atom. The molecule has 2 heterocycles. The van der Waals surface area contributed by atoms with Crippen molar-refractivity contribution in [3.8, 4) is 22.9 Å². The van der Waals surface area contributed by atoms with Crippen molar-refractivity contribution in [3.63, 3.8) is 0 Å². The lowest BCUT2D eigenvalue weighted by Gasteiger charge is -2.33. The molecular formula is C27H32N2O4. The predicted molar refractivity (Wildman–Crippen MR) is 129 cm³/mol. The number of rotatable bonds is 6. The molecule has 1 aliphatic rings. The first-order valence-corrected chi connectivity index (χ1v) is 11.4. The molecule has 0 N–H and O–H groups in total. The van der Waals surface area contributed by atoms with Crippen LogP contribution in [0.2, 0.25) is 0 Å². The zero-order valence-corrected chi connectivity index (χ0v) is 20.1. The molecule has 0 saturated carbocycles. The van der Waals surface area contributed by atoms with Crippen molar-refractivity contribution >= 4 is 5.91 Å². The highest BCUT2D eigenvalue weighted by Crippen LogP contribution is 2.38. The molecule has 0 unspecified atom stereocenters. The second-order valence-corrected chi connectivity index (χ2v) is 8.57. The number of carbonyl (C=O) groups is 1. The van der Waals surface area contributed by atoms with E-state index in [1.165, 1.54) is 0 Å². The molecule has 1 aromatic heterocycles. The average Bonchev–Trinajstić information content (AvgIpc) is 3.17. The largest absolute Gasteiger partial charge is 0.493 e. The maximum Gasteiger partial charge on any atom is 0.255 e. The molecule has 1 fully saturated rings.